The minimum absolute atomic E-state index is 0.421. The van der Waals surface area contributed by atoms with Gasteiger partial charge in [-0.25, -0.2) is 4.98 Å². The van der Waals surface area contributed by atoms with Crippen LogP contribution in [0.3, 0.4) is 0 Å². The summed E-state index contributed by atoms with van der Waals surface area (Å²) in [7, 11) is 0. The van der Waals surface area contributed by atoms with Crippen molar-refractivity contribution in [3.8, 4) is 0 Å². The van der Waals surface area contributed by atoms with Gasteiger partial charge in [-0.3, -0.25) is 0 Å². The van der Waals surface area contributed by atoms with Crippen molar-refractivity contribution in [3.05, 3.63) is 16.1 Å². The molecular formula is C14H25N3S. The second-order valence-electron chi connectivity index (χ2n) is 5.57. The SMILES string of the molecule is Cc1csc(CNCCC2(CN)CCCCC2)n1. The lowest BCUT2D eigenvalue weighted by molar-refractivity contribution is 0.181. The molecule has 0 aromatic carbocycles. The van der Waals surface area contributed by atoms with E-state index in [0.717, 1.165) is 25.3 Å². The second-order valence-corrected chi connectivity index (χ2v) is 6.52. The normalized spacial score (nSPS) is 19.0. The Morgan fingerprint density at radius 3 is 2.78 bits per heavy atom. The van der Waals surface area contributed by atoms with Crippen LogP contribution >= 0.6 is 11.3 Å². The molecule has 18 heavy (non-hydrogen) atoms. The second kappa shape index (κ2) is 6.64. The topological polar surface area (TPSA) is 50.9 Å². The highest BCUT2D eigenvalue weighted by Gasteiger charge is 2.29. The molecule has 0 unspecified atom stereocenters. The fourth-order valence-electron chi connectivity index (χ4n) is 2.89. The fourth-order valence-corrected chi connectivity index (χ4v) is 3.63. The molecule has 3 N–H and O–H groups in total. The van der Waals surface area contributed by atoms with E-state index >= 15 is 0 Å². The van der Waals surface area contributed by atoms with Crippen LogP contribution in [0, 0.1) is 12.3 Å². The maximum atomic E-state index is 6.00. The van der Waals surface area contributed by atoms with Crippen molar-refractivity contribution in [2.45, 2.75) is 52.0 Å². The summed E-state index contributed by atoms with van der Waals surface area (Å²) in [5.41, 5.74) is 7.54. The van der Waals surface area contributed by atoms with Crippen LogP contribution in [0.25, 0.3) is 0 Å². The largest absolute Gasteiger partial charge is 0.330 e. The third-order valence-electron chi connectivity index (χ3n) is 4.12. The van der Waals surface area contributed by atoms with Gasteiger partial charge in [0.25, 0.3) is 0 Å². The molecule has 2 rings (SSSR count). The number of nitrogens with one attached hydrogen (secondary N) is 1. The molecule has 1 saturated carbocycles. The Morgan fingerprint density at radius 1 is 1.39 bits per heavy atom. The molecule has 1 heterocycles. The van der Waals surface area contributed by atoms with Crippen molar-refractivity contribution >= 4 is 11.3 Å². The summed E-state index contributed by atoms with van der Waals surface area (Å²) in [5.74, 6) is 0. The van der Waals surface area contributed by atoms with Crippen molar-refractivity contribution in [3.63, 3.8) is 0 Å². The summed E-state index contributed by atoms with van der Waals surface area (Å²) in [6.07, 6.45) is 7.98. The molecule has 1 aliphatic rings. The third-order valence-corrected chi connectivity index (χ3v) is 5.09. The molecule has 3 nitrogen and oxygen atoms in total. The predicted octanol–water partition coefficient (Wildman–Crippen LogP) is 2.84. The van der Waals surface area contributed by atoms with E-state index in [4.69, 9.17) is 5.73 Å². The zero-order valence-electron chi connectivity index (χ0n) is 11.4. The summed E-state index contributed by atoms with van der Waals surface area (Å²) >= 11 is 1.74. The quantitative estimate of drug-likeness (QED) is 0.779. The first kappa shape index (κ1) is 14.0. The number of rotatable bonds is 6. The number of hydrogen-bond donors (Lipinski definition) is 2. The Labute approximate surface area is 114 Å². The minimum Gasteiger partial charge on any atom is -0.330 e. The highest BCUT2D eigenvalue weighted by Crippen LogP contribution is 2.37. The highest BCUT2D eigenvalue weighted by molar-refractivity contribution is 7.09. The number of hydrogen-bond acceptors (Lipinski definition) is 4. The van der Waals surface area contributed by atoms with Gasteiger partial charge in [0.15, 0.2) is 0 Å². The first-order valence-electron chi connectivity index (χ1n) is 7.06. The van der Waals surface area contributed by atoms with Crippen LogP contribution in [0.5, 0.6) is 0 Å². The summed E-state index contributed by atoms with van der Waals surface area (Å²) in [6.45, 7) is 4.87. The van der Waals surface area contributed by atoms with Gasteiger partial charge in [0.2, 0.25) is 0 Å². The number of nitrogens with zero attached hydrogens (tertiary/aromatic N) is 1. The Morgan fingerprint density at radius 2 is 2.17 bits per heavy atom. The van der Waals surface area contributed by atoms with Crippen molar-refractivity contribution in [2.75, 3.05) is 13.1 Å². The van der Waals surface area contributed by atoms with Crippen LogP contribution in [0.15, 0.2) is 5.38 Å². The summed E-state index contributed by atoms with van der Waals surface area (Å²) in [5, 5.41) is 6.82. The summed E-state index contributed by atoms with van der Waals surface area (Å²) < 4.78 is 0. The molecular weight excluding hydrogens is 242 g/mol. The lowest BCUT2D eigenvalue weighted by atomic mass is 9.72. The molecule has 1 aliphatic carbocycles. The van der Waals surface area contributed by atoms with Crippen LogP contribution in [0.2, 0.25) is 0 Å². The van der Waals surface area contributed by atoms with Crippen molar-refractivity contribution in [1.82, 2.24) is 10.3 Å². The Kier molecular flexibility index (Phi) is 5.15. The van der Waals surface area contributed by atoms with E-state index in [9.17, 15) is 0 Å². The molecule has 0 saturated heterocycles. The van der Waals surface area contributed by atoms with Crippen molar-refractivity contribution < 1.29 is 0 Å². The molecule has 102 valence electrons. The molecule has 0 atom stereocenters. The molecule has 1 fully saturated rings. The van der Waals surface area contributed by atoms with E-state index in [0.29, 0.717) is 5.41 Å². The van der Waals surface area contributed by atoms with E-state index in [-0.39, 0.29) is 0 Å². The first-order chi connectivity index (χ1) is 8.74. The number of aromatic nitrogens is 1. The maximum absolute atomic E-state index is 6.00. The Balaban J connectivity index is 1.70. The smallest absolute Gasteiger partial charge is 0.107 e. The molecule has 0 radical (unpaired) electrons. The van der Waals surface area contributed by atoms with Gasteiger partial charge in [0, 0.05) is 17.6 Å². The van der Waals surface area contributed by atoms with Gasteiger partial charge in [-0.2, -0.15) is 0 Å². The van der Waals surface area contributed by atoms with Gasteiger partial charge in [0.1, 0.15) is 5.01 Å². The van der Waals surface area contributed by atoms with Crippen molar-refractivity contribution in [1.29, 1.82) is 0 Å². The van der Waals surface area contributed by atoms with E-state index in [2.05, 4.69) is 15.7 Å². The molecule has 0 amide bonds. The van der Waals surface area contributed by atoms with E-state index < -0.39 is 0 Å². The monoisotopic (exact) mass is 267 g/mol. The Bertz CT molecular complexity index is 356. The lowest BCUT2D eigenvalue weighted by Crippen LogP contribution is -2.35. The standard InChI is InChI=1S/C14H25N3S/c1-12-10-18-13(17-12)9-16-8-7-14(11-15)5-3-2-4-6-14/h10,16H,2-9,11,15H2,1H3. The molecule has 0 aliphatic heterocycles. The lowest BCUT2D eigenvalue weighted by Gasteiger charge is -2.36. The average molecular weight is 267 g/mol. The average Bonchev–Trinajstić information content (AvgIpc) is 2.82. The number of aryl methyl sites for hydroxylation is 1. The van der Waals surface area contributed by atoms with Gasteiger partial charge in [0.05, 0.1) is 0 Å². The minimum atomic E-state index is 0.421. The van der Waals surface area contributed by atoms with Gasteiger partial charge < -0.3 is 11.1 Å². The van der Waals surface area contributed by atoms with E-state index in [1.54, 1.807) is 11.3 Å². The molecule has 0 bridgehead atoms. The maximum Gasteiger partial charge on any atom is 0.107 e. The summed E-state index contributed by atoms with van der Waals surface area (Å²) in [4.78, 5) is 4.46. The fraction of sp³-hybridized carbons (Fsp3) is 0.786. The first-order valence-corrected chi connectivity index (χ1v) is 7.94. The molecule has 0 spiro atoms. The molecule has 1 aromatic rings. The van der Waals surface area contributed by atoms with E-state index in [1.165, 1.54) is 43.5 Å². The Hall–Kier alpha value is -0.450. The zero-order valence-corrected chi connectivity index (χ0v) is 12.2. The zero-order chi connectivity index (χ0) is 12.8. The van der Waals surface area contributed by atoms with Gasteiger partial charge >= 0.3 is 0 Å². The van der Waals surface area contributed by atoms with Crippen LogP contribution in [0.1, 0.15) is 49.2 Å². The van der Waals surface area contributed by atoms with Gasteiger partial charge in [-0.15, -0.1) is 11.3 Å². The third kappa shape index (κ3) is 3.77. The van der Waals surface area contributed by atoms with Crippen LogP contribution < -0.4 is 11.1 Å². The summed E-state index contributed by atoms with van der Waals surface area (Å²) in [6, 6.07) is 0. The molecule has 4 heteroatoms. The predicted molar refractivity (Wildman–Crippen MR) is 77.7 cm³/mol. The highest BCUT2D eigenvalue weighted by atomic mass is 32.1. The van der Waals surface area contributed by atoms with E-state index in [1.807, 2.05) is 6.92 Å². The van der Waals surface area contributed by atoms with Gasteiger partial charge in [-0.1, -0.05) is 19.3 Å². The van der Waals surface area contributed by atoms with Crippen LogP contribution in [-0.4, -0.2) is 18.1 Å². The number of nitrogens with two attached hydrogens (primary N) is 1. The van der Waals surface area contributed by atoms with Gasteiger partial charge in [-0.05, 0) is 44.7 Å². The molecule has 1 aromatic heterocycles. The van der Waals surface area contributed by atoms with Crippen LogP contribution in [0.4, 0.5) is 0 Å². The van der Waals surface area contributed by atoms with Crippen molar-refractivity contribution in [2.24, 2.45) is 11.1 Å². The van der Waals surface area contributed by atoms with Crippen LogP contribution in [-0.2, 0) is 6.54 Å². The number of thiazole rings is 1.